The highest BCUT2D eigenvalue weighted by Gasteiger charge is 2.07. The van der Waals surface area contributed by atoms with Gasteiger partial charge in [0.25, 0.3) is 0 Å². The van der Waals surface area contributed by atoms with Crippen LogP contribution in [0.4, 0.5) is 0 Å². The van der Waals surface area contributed by atoms with Crippen LogP contribution in [0.5, 0.6) is 5.75 Å². The Labute approximate surface area is 98.4 Å². The standard InChI is InChI=1S/C11H12INO/c1-4-10(13-3)9-6-5-7-11(14-12)8(9)2/h4-7H,1H2,2-3H3. The third-order valence-corrected chi connectivity index (χ3v) is 2.55. The van der Waals surface area contributed by atoms with Crippen molar-refractivity contribution >= 4 is 28.7 Å². The van der Waals surface area contributed by atoms with Crippen molar-refractivity contribution < 1.29 is 3.07 Å². The van der Waals surface area contributed by atoms with Crippen molar-refractivity contribution in [3.8, 4) is 5.75 Å². The molecule has 1 aromatic carbocycles. The molecular formula is C11H12INO. The second-order valence-corrected chi connectivity index (χ2v) is 3.26. The van der Waals surface area contributed by atoms with Crippen molar-refractivity contribution in [3.05, 3.63) is 42.0 Å². The summed E-state index contributed by atoms with van der Waals surface area (Å²) in [5.74, 6) is 0.867. The highest BCUT2D eigenvalue weighted by molar-refractivity contribution is 14.1. The van der Waals surface area contributed by atoms with E-state index in [1.165, 1.54) is 0 Å². The fourth-order valence-electron chi connectivity index (χ4n) is 1.30. The quantitative estimate of drug-likeness (QED) is 0.620. The number of rotatable bonds is 3. The molecule has 0 unspecified atom stereocenters. The second-order valence-electron chi connectivity index (χ2n) is 2.82. The molecule has 0 radical (unpaired) electrons. The van der Waals surface area contributed by atoms with Crippen molar-refractivity contribution in [3.63, 3.8) is 0 Å². The van der Waals surface area contributed by atoms with Gasteiger partial charge in [0, 0.05) is 18.2 Å². The summed E-state index contributed by atoms with van der Waals surface area (Å²) >= 11 is 1.88. The van der Waals surface area contributed by atoms with E-state index in [1.807, 2.05) is 48.1 Å². The third kappa shape index (κ3) is 2.15. The number of nitrogens with zero attached hydrogens (tertiary/aromatic N) is 1. The van der Waals surface area contributed by atoms with Gasteiger partial charge in [-0.1, -0.05) is 18.7 Å². The first kappa shape index (κ1) is 11.2. The maximum Gasteiger partial charge on any atom is 0.192 e. The summed E-state index contributed by atoms with van der Waals surface area (Å²) in [6, 6.07) is 5.89. The first-order valence-corrected chi connectivity index (χ1v) is 5.10. The highest BCUT2D eigenvalue weighted by Crippen LogP contribution is 2.23. The average molecular weight is 301 g/mol. The first-order chi connectivity index (χ1) is 6.74. The van der Waals surface area contributed by atoms with E-state index < -0.39 is 0 Å². The lowest BCUT2D eigenvalue weighted by molar-refractivity contribution is 0.709. The smallest absolute Gasteiger partial charge is 0.192 e. The zero-order valence-electron chi connectivity index (χ0n) is 8.25. The van der Waals surface area contributed by atoms with E-state index >= 15 is 0 Å². The van der Waals surface area contributed by atoms with Gasteiger partial charge < -0.3 is 3.07 Å². The number of aliphatic imine (C=N–C) groups is 1. The molecule has 0 aliphatic carbocycles. The van der Waals surface area contributed by atoms with Gasteiger partial charge in [0.1, 0.15) is 5.75 Å². The summed E-state index contributed by atoms with van der Waals surface area (Å²) in [4.78, 5) is 4.15. The van der Waals surface area contributed by atoms with Gasteiger partial charge in [-0.15, -0.1) is 0 Å². The normalized spacial score (nSPS) is 11.2. The molecule has 74 valence electrons. The molecular weight excluding hydrogens is 289 g/mol. The Kier molecular flexibility index (Phi) is 4.13. The molecule has 0 amide bonds. The van der Waals surface area contributed by atoms with Crippen LogP contribution in [0.2, 0.25) is 0 Å². The molecule has 1 rings (SSSR count). The predicted octanol–water partition coefficient (Wildman–Crippen LogP) is 3.33. The number of hydrogen-bond acceptors (Lipinski definition) is 2. The molecule has 0 saturated carbocycles. The van der Waals surface area contributed by atoms with E-state index in [2.05, 4.69) is 11.6 Å². The Morgan fingerprint density at radius 3 is 2.79 bits per heavy atom. The van der Waals surface area contributed by atoms with Gasteiger partial charge in [-0.3, -0.25) is 4.99 Å². The van der Waals surface area contributed by atoms with Gasteiger partial charge in [-0.05, 0) is 19.1 Å². The summed E-state index contributed by atoms with van der Waals surface area (Å²) in [5.41, 5.74) is 3.04. The van der Waals surface area contributed by atoms with Crippen LogP contribution in [0.15, 0.2) is 35.8 Å². The minimum atomic E-state index is 0.867. The number of hydrogen-bond donors (Lipinski definition) is 0. The minimum absolute atomic E-state index is 0.867. The van der Waals surface area contributed by atoms with E-state index in [0.29, 0.717) is 0 Å². The van der Waals surface area contributed by atoms with Gasteiger partial charge in [-0.25, -0.2) is 0 Å². The molecule has 3 heteroatoms. The molecule has 14 heavy (non-hydrogen) atoms. The van der Waals surface area contributed by atoms with Gasteiger partial charge in [0.2, 0.25) is 0 Å². The average Bonchev–Trinajstić information content (AvgIpc) is 2.22. The van der Waals surface area contributed by atoms with Crippen LogP contribution in [0.25, 0.3) is 0 Å². The van der Waals surface area contributed by atoms with Gasteiger partial charge in [0.05, 0.1) is 5.71 Å². The Bertz CT molecular complexity index is 372. The lowest BCUT2D eigenvalue weighted by Crippen LogP contribution is -1.99. The second kappa shape index (κ2) is 5.14. The van der Waals surface area contributed by atoms with E-state index in [0.717, 1.165) is 22.6 Å². The van der Waals surface area contributed by atoms with Gasteiger partial charge >= 0.3 is 0 Å². The van der Waals surface area contributed by atoms with E-state index in [4.69, 9.17) is 3.07 Å². The van der Waals surface area contributed by atoms with Gasteiger partial charge in [-0.2, -0.15) is 0 Å². The molecule has 2 nitrogen and oxygen atoms in total. The fraction of sp³-hybridized carbons (Fsp3) is 0.182. The molecule has 0 N–H and O–H groups in total. The largest absolute Gasteiger partial charge is 0.427 e. The molecule has 0 heterocycles. The predicted molar refractivity (Wildman–Crippen MR) is 68.5 cm³/mol. The van der Waals surface area contributed by atoms with Crippen LogP contribution in [0.1, 0.15) is 11.1 Å². The van der Waals surface area contributed by atoms with Crippen LogP contribution in [-0.4, -0.2) is 12.8 Å². The number of halogens is 1. The topological polar surface area (TPSA) is 21.6 Å². The van der Waals surface area contributed by atoms with Crippen molar-refractivity contribution in [2.75, 3.05) is 7.05 Å². The molecule has 0 bridgehead atoms. The summed E-state index contributed by atoms with van der Waals surface area (Å²) < 4.78 is 5.21. The first-order valence-electron chi connectivity index (χ1n) is 4.22. The Morgan fingerprint density at radius 2 is 2.29 bits per heavy atom. The molecule has 0 fully saturated rings. The maximum absolute atomic E-state index is 5.21. The number of allylic oxidation sites excluding steroid dienone is 1. The van der Waals surface area contributed by atoms with Gasteiger partial charge in [0.15, 0.2) is 23.0 Å². The molecule has 0 aliphatic rings. The van der Waals surface area contributed by atoms with Crippen molar-refractivity contribution in [1.29, 1.82) is 0 Å². The SMILES string of the molecule is C=CC(=NC)c1cccc(OI)c1C. The Hall–Kier alpha value is -0.840. The molecule has 1 aromatic rings. The zero-order valence-corrected chi connectivity index (χ0v) is 10.4. The lowest BCUT2D eigenvalue weighted by Gasteiger charge is -2.08. The fourth-order valence-corrected chi connectivity index (χ4v) is 1.77. The van der Waals surface area contributed by atoms with Crippen LogP contribution in [0, 0.1) is 6.92 Å². The van der Waals surface area contributed by atoms with Crippen LogP contribution in [-0.2, 0) is 0 Å². The van der Waals surface area contributed by atoms with E-state index in [1.54, 1.807) is 13.1 Å². The minimum Gasteiger partial charge on any atom is -0.427 e. The summed E-state index contributed by atoms with van der Waals surface area (Å²) in [6.45, 7) is 5.74. The number of benzene rings is 1. The van der Waals surface area contributed by atoms with Crippen molar-refractivity contribution in [2.45, 2.75) is 6.92 Å². The molecule has 0 aliphatic heterocycles. The van der Waals surface area contributed by atoms with Crippen LogP contribution < -0.4 is 3.07 Å². The van der Waals surface area contributed by atoms with E-state index in [-0.39, 0.29) is 0 Å². The summed E-state index contributed by atoms with van der Waals surface area (Å²) in [7, 11) is 1.76. The Morgan fingerprint density at radius 1 is 1.57 bits per heavy atom. The van der Waals surface area contributed by atoms with E-state index in [9.17, 15) is 0 Å². The molecule has 0 aromatic heterocycles. The molecule has 0 atom stereocenters. The zero-order chi connectivity index (χ0) is 10.6. The molecule has 0 saturated heterocycles. The van der Waals surface area contributed by atoms with Crippen LogP contribution >= 0.6 is 23.0 Å². The van der Waals surface area contributed by atoms with Crippen molar-refractivity contribution in [1.82, 2.24) is 0 Å². The summed E-state index contributed by atoms with van der Waals surface area (Å²) in [5, 5.41) is 0. The monoisotopic (exact) mass is 301 g/mol. The highest BCUT2D eigenvalue weighted by atomic mass is 127. The Balaban J connectivity index is 3.28. The molecule has 0 spiro atoms. The van der Waals surface area contributed by atoms with Crippen LogP contribution in [0.3, 0.4) is 0 Å². The lowest BCUT2D eigenvalue weighted by atomic mass is 10.0. The van der Waals surface area contributed by atoms with Crippen molar-refractivity contribution in [2.24, 2.45) is 4.99 Å². The summed E-state index contributed by atoms with van der Waals surface area (Å²) in [6.07, 6.45) is 1.75. The maximum atomic E-state index is 5.21. The third-order valence-electron chi connectivity index (χ3n) is 2.08.